The van der Waals surface area contributed by atoms with Gasteiger partial charge in [-0.2, -0.15) is 9.97 Å². The predicted molar refractivity (Wildman–Crippen MR) is 73.3 cm³/mol. The minimum atomic E-state index is 0.116. The van der Waals surface area contributed by atoms with Crippen LogP contribution >= 0.6 is 15.9 Å². The van der Waals surface area contributed by atoms with Crippen molar-refractivity contribution < 1.29 is 14.2 Å². The maximum Gasteiger partial charge on any atom is 0.324 e. The Hall–Kier alpha value is -1.15. The molecule has 2 rings (SSSR count). The highest BCUT2D eigenvalue weighted by Crippen LogP contribution is 2.22. The summed E-state index contributed by atoms with van der Waals surface area (Å²) in [6.07, 6.45) is 0.116. The summed E-state index contributed by atoms with van der Waals surface area (Å²) in [6.45, 7) is 3.41. The minimum absolute atomic E-state index is 0.116. The molecular weight excluding hydrogens is 316 g/mol. The van der Waals surface area contributed by atoms with Gasteiger partial charge in [-0.1, -0.05) is 15.9 Å². The molecule has 1 aromatic heterocycles. The summed E-state index contributed by atoms with van der Waals surface area (Å²) in [5.41, 5.74) is 0. The number of rotatable bonds is 4. The number of anilines is 1. The number of ether oxygens (including phenoxy) is 3. The zero-order valence-corrected chi connectivity index (χ0v) is 12.8. The lowest BCUT2D eigenvalue weighted by atomic mass is 10.2. The Morgan fingerprint density at radius 3 is 2.42 bits per heavy atom. The molecule has 106 valence electrons. The van der Waals surface area contributed by atoms with Gasteiger partial charge in [-0.15, -0.1) is 4.98 Å². The summed E-state index contributed by atoms with van der Waals surface area (Å²) in [5.74, 6) is 0.547. The quantitative estimate of drug-likeness (QED) is 0.758. The van der Waals surface area contributed by atoms with Crippen LogP contribution in [0.25, 0.3) is 0 Å². The highest BCUT2D eigenvalue weighted by molar-refractivity contribution is 9.09. The summed E-state index contributed by atoms with van der Waals surface area (Å²) in [4.78, 5) is 14.6. The molecule has 0 radical (unpaired) electrons. The second kappa shape index (κ2) is 6.33. The van der Waals surface area contributed by atoms with Gasteiger partial charge >= 0.3 is 12.0 Å². The highest BCUT2D eigenvalue weighted by Gasteiger charge is 2.28. The van der Waals surface area contributed by atoms with Crippen LogP contribution in [0, 0.1) is 0 Å². The molecule has 0 aliphatic carbocycles. The number of hydrogen-bond donors (Lipinski definition) is 0. The standard InChI is InChI=1S/C11H17BrN4O3/c1-7-6-19-8(4-12)5-16(7)9-13-10(17-2)15-11(14-9)18-3/h7-8H,4-6H2,1-3H3. The lowest BCUT2D eigenvalue weighted by molar-refractivity contribution is 0.0371. The molecule has 0 spiro atoms. The first-order valence-corrected chi connectivity index (χ1v) is 7.08. The third-order valence-corrected chi connectivity index (χ3v) is 3.60. The van der Waals surface area contributed by atoms with E-state index in [1.54, 1.807) is 0 Å². The number of methoxy groups -OCH3 is 2. The molecule has 7 nitrogen and oxygen atoms in total. The molecule has 0 saturated carbocycles. The number of halogens is 1. The fourth-order valence-electron chi connectivity index (χ4n) is 1.83. The van der Waals surface area contributed by atoms with Crippen LogP contribution in [0.5, 0.6) is 12.0 Å². The molecule has 0 N–H and O–H groups in total. The van der Waals surface area contributed by atoms with Gasteiger partial charge in [0.1, 0.15) is 0 Å². The molecule has 1 aliphatic heterocycles. The first-order valence-electron chi connectivity index (χ1n) is 5.96. The zero-order chi connectivity index (χ0) is 13.8. The van der Waals surface area contributed by atoms with Crippen molar-refractivity contribution in [2.45, 2.75) is 19.1 Å². The van der Waals surface area contributed by atoms with E-state index in [1.165, 1.54) is 14.2 Å². The van der Waals surface area contributed by atoms with Gasteiger partial charge in [0.05, 0.1) is 33.0 Å². The molecule has 0 bridgehead atoms. The van der Waals surface area contributed by atoms with Crippen LogP contribution in [-0.4, -0.2) is 59.8 Å². The van der Waals surface area contributed by atoms with Gasteiger partial charge in [0.15, 0.2) is 0 Å². The van der Waals surface area contributed by atoms with Crippen molar-refractivity contribution in [3.05, 3.63) is 0 Å². The van der Waals surface area contributed by atoms with Crippen LogP contribution in [0.2, 0.25) is 0 Å². The molecule has 1 fully saturated rings. The first-order chi connectivity index (χ1) is 9.17. The first kappa shape index (κ1) is 14.3. The van der Waals surface area contributed by atoms with Crippen molar-refractivity contribution in [1.82, 2.24) is 15.0 Å². The van der Waals surface area contributed by atoms with Crippen LogP contribution in [0.3, 0.4) is 0 Å². The van der Waals surface area contributed by atoms with Gasteiger partial charge in [0.25, 0.3) is 0 Å². The summed E-state index contributed by atoms with van der Waals surface area (Å²) in [7, 11) is 3.03. The van der Waals surface area contributed by atoms with Crippen molar-refractivity contribution in [2.24, 2.45) is 0 Å². The third kappa shape index (κ3) is 3.24. The number of nitrogens with zero attached hydrogens (tertiary/aromatic N) is 4. The maximum absolute atomic E-state index is 5.68. The fraction of sp³-hybridized carbons (Fsp3) is 0.727. The van der Waals surface area contributed by atoms with E-state index < -0.39 is 0 Å². The largest absolute Gasteiger partial charge is 0.467 e. The Kier molecular flexibility index (Phi) is 4.76. The monoisotopic (exact) mass is 332 g/mol. The predicted octanol–water partition coefficient (Wildman–Crippen LogP) is 0.877. The van der Waals surface area contributed by atoms with Crippen LogP contribution in [0.4, 0.5) is 5.95 Å². The van der Waals surface area contributed by atoms with Gasteiger partial charge < -0.3 is 19.1 Å². The Morgan fingerprint density at radius 1 is 1.26 bits per heavy atom. The maximum atomic E-state index is 5.68. The van der Waals surface area contributed by atoms with Gasteiger partial charge in [0.2, 0.25) is 5.95 Å². The number of hydrogen-bond acceptors (Lipinski definition) is 7. The van der Waals surface area contributed by atoms with E-state index >= 15 is 0 Å². The molecule has 19 heavy (non-hydrogen) atoms. The Morgan fingerprint density at radius 2 is 1.89 bits per heavy atom. The van der Waals surface area contributed by atoms with Crippen molar-refractivity contribution in [3.8, 4) is 12.0 Å². The van der Waals surface area contributed by atoms with Crippen molar-refractivity contribution in [3.63, 3.8) is 0 Å². The molecule has 8 heteroatoms. The fourth-order valence-corrected chi connectivity index (χ4v) is 2.22. The smallest absolute Gasteiger partial charge is 0.324 e. The minimum Gasteiger partial charge on any atom is -0.467 e. The Balaban J connectivity index is 2.27. The molecule has 2 unspecified atom stereocenters. The molecule has 0 amide bonds. The summed E-state index contributed by atoms with van der Waals surface area (Å²) in [6, 6.07) is 0.680. The van der Waals surface area contributed by atoms with Gasteiger partial charge in [0, 0.05) is 11.9 Å². The molecule has 2 atom stereocenters. The van der Waals surface area contributed by atoms with Crippen LogP contribution < -0.4 is 14.4 Å². The molecule has 0 aromatic carbocycles. The molecule has 1 saturated heterocycles. The van der Waals surface area contributed by atoms with E-state index in [4.69, 9.17) is 14.2 Å². The molecular formula is C11H17BrN4O3. The van der Waals surface area contributed by atoms with Crippen LogP contribution in [0.15, 0.2) is 0 Å². The normalized spacial score (nSPS) is 23.3. The van der Waals surface area contributed by atoms with Crippen molar-refractivity contribution >= 4 is 21.9 Å². The summed E-state index contributed by atoms with van der Waals surface area (Å²) in [5, 5.41) is 0.773. The van der Waals surface area contributed by atoms with Gasteiger partial charge in [-0.05, 0) is 6.92 Å². The second-order valence-electron chi connectivity index (χ2n) is 4.22. The van der Waals surface area contributed by atoms with Crippen LogP contribution in [-0.2, 0) is 4.74 Å². The Bertz CT molecular complexity index is 412. The van der Waals surface area contributed by atoms with Gasteiger partial charge in [-0.25, -0.2) is 0 Å². The van der Waals surface area contributed by atoms with Crippen molar-refractivity contribution in [1.29, 1.82) is 0 Å². The topological polar surface area (TPSA) is 69.6 Å². The lowest BCUT2D eigenvalue weighted by Gasteiger charge is -2.37. The number of morpholine rings is 1. The summed E-state index contributed by atoms with van der Waals surface area (Å²) < 4.78 is 15.8. The molecule has 1 aromatic rings. The molecule has 1 aliphatic rings. The average molecular weight is 333 g/mol. The van der Waals surface area contributed by atoms with E-state index in [1.807, 2.05) is 0 Å². The SMILES string of the molecule is COc1nc(OC)nc(N2CC(CBr)OCC2C)n1. The summed E-state index contributed by atoms with van der Waals surface area (Å²) >= 11 is 3.43. The van der Waals surface area contributed by atoms with Crippen molar-refractivity contribution in [2.75, 3.05) is 37.6 Å². The number of aromatic nitrogens is 3. The van der Waals surface area contributed by atoms with E-state index in [0.717, 1.165) is 5.33 Å². The second-order valence-corrected chi connectivity index (χ2v) is 4.87. The van der Waals surface area contributed by atoms with E-state index in [-0.39, 0.29) is 24.2 Å². The molecule has 2 heterocycles. The third-order valence-electron chi connectivity index (χ3n) is 2.88. The Labute approximate surface area is 120 Å². The highest BCUT2D eigenvalue weighted by atomic mass is 79.9. The van der Waals surface area contributed by atoms with Gasteiger partial charge in [-0.3, -0.25) is 0 Å². The average Bonchev–Trinajstić information content (AvgIpc) is 2.47. The zero-order valence-electron chi connectivity index (χ0n) is 11.2. The van der Waals surface area contributed by atoms with Crippen LogP contribution in [0.1, 0.15) is 6.92 Å². The van der Waals surface area contributed by atoms with E-state index in [9.17, 15) is 0 Å². The number of alkyl halides is 1. The lowest BCUT2D eigenvalue weighted by Crippen LogP contribution is -2.49. The van der Waals surface area contributed by atoms with E-state index in [2.05, 4.69) is 42.7 Å². The van der Waals surface area contributed by atoms with E-state index in [0.29, 0.717) is 19.1 Å².